The first-order chi connectivity index (χ1) is 17.9. The molecule has 0 spiro atoms. The van der Waals surface area contributed by atoms with E-state index in [-0.39, 0.29) is 17.6 Å². The Kier molecular flexibility index (Phi) is 7.97. The van der Waals surface area contributed by atoms with Gasteiger partial charge in [0.1, 0.15) is 11.6 Å². The van der Waals surface area contributed by atoms with Gasteiger partial charge in [0.2, 0.25) is 5.91 Å². The normalized spacial score (nSPS) is 10.4. The maximum Gasteiger partial charge on any atom is 0.255 e. The van der Waals surface area contributed by atoms with Crippen LogP contribution >= 0.6 is 0 Å². The predicted octanol–water partition coefficient (Wildman–Crippen LogP) is 4.45. The van der Waals surface area contributed by atoms with E-state index in [0.717, 1.165) is 6.42 Å². The highest BCUT2D eigenvalue weighted by Gasteiger charge is 2.13. The number of aromatic nitrogens is 1. The lowest BCUT2D eigenvalue weighted by molar-refractivity contribution is -0.114. The Balaban J connectivity index is 1.47. The second-order valence-electron chi connectivity index (χ2n) is 8.32. The SMILES string of the molecule is CC(=O)Nc1cc(C(=O)Nc2ccc(OCCc3ccccc3)cc2)cc(-c2ccc(NN)c(N)n2)c1. The van der Waals surface area contributed by atoms with Crippen LogP contribution in [0.4, 0.5) is 22.9 Å². The first-order valence-electron chi connectivity index (χ1n) is 11.7. The van der Waals surface area contributed by atoms with Crippen molar-refractivity contribution in [2.45, 2.75) is 13.3 Å². The van der Waals surface area contributed by atoms with E-state index in [4.69, 9.17) is 16.3 Å². The standard InChI is InChI=1S/C28H28N6O3/c1-18(35)31-23-16-20(25-11-12-26(34-30)27(29)33-25)15-21(17-23)28(36)32-22-7-9-24(10-8-22)37-14-13-19-5-3-2-4-6-19/h2-12,15-17,34H,13-14,30H2,1H3,(H2,29,33)(H,31,35)(H,32,36). The molecule has 37 heavy (non-hydrogen) atoms. The van der Waals surface area contributed by atoms with Gasteiger partial charge in [0.05, 0.1) is 18.0 Å². The number of nitrogens with one attached hydrogen (secondary N) is 3. The first kappa shape index (κ1) is 25.2. The summed E-state index contributed by atoms with van der Waals surface area (Å²) in [6, 6.07) is 25.7. The minimum Gasteiger partial charge on any atom is -0.493 e. The van der Waals surface area contributed by atoms with Gasteiger partial charge >= 0.3 is 0 Å². The van der Waals surface area contributed by atoms with Gasteiger partial charge in [-0.3, -0.25) is 15.4 Å². The molecule has 9 heteroatoms. The van der Waals surface area contributed by atoms with Crippen LogP contribution in [0.3, 0.4) is 0 Å². The number of nitrogens with zero attached hydrogens (tertiary/aromatic N) is 1. The van der Waals surface area contributed by atoms with Crippen molar-refractivity contribution in [2.24, 2.45) is 5.84 Å². The molecule has 0 aliphatic heterocycles. The quantitative estimate of drug-likeness (QED) is 0.170. The molecule has 1 heterocycles. The van der Waals surface area contributed by atoms with Crippen molar-refractivity contribution in [3.63, 3.8) is 0 Å². The van der Waals surface area contributed by atoms with Gasteiger partial charge in [0.25, 0.3) is 5.91 Å². The molecule has 0 saturated carbocycles. The van der Waals surface area contributed by atoms with E-state index in [2.05, 4.69) is 33.2 Å². The maximum atomic E-state index is 13.1. The van der Waals surface area contributed by atoms with Crippen LogP contribution in [0.1, 0.15) is 22.8 Å². The van der Waals surface area contributed by atoms with Gasteiger partial charge in [-0.2, -0.15) is 0 Å². The van der Waals surface area contributed by atoms with Gasteiger partial charge in [-0.25, -0.2) is 4.98 Å². The summed E-state index contributed by atoms with van der Waals surface area (Å²) < 4.78 is 5.82. The Morgan fingerprint density at radius 3 is 2.32 bits per heavy atom. The number of anilines is 4. The molecule has 0 saturated heterocycles. The number of nitrogens with two attached hydrogens (primary N) is 2. The Morgan fingerprint density at radius 1 is 0.892 bits per heavy atom. The predicted molar refractivity (Wildman–Crippen MR) is 146 cm³/mol. The van der Waals surface area contributed by atoms with Gasteiger partial charge in [-0.05, 0) is 60.2 Å². The zero-order valence-electron chi connectivity index (χ0n) is 20.3. The number of ether oxygens (including phenoxy) is 1. The van der Waals surface area contributed by atoms with Crippen molar-refractivity contribution in [1.29, 1.82) is 0 Å². The van der Waals surface area contributed by atoms with Crippen molar-refractivity contribution in [3.8, 4) is 17.0 Å². The van der Waals surface area contributed by atoms with Crippen LogP contribution < -0.4 is 32.4 Å². The zero-order valence-corrected chi connectivity index (χ0v) is 20.3. The minimum absolute atomic E-state index is 0.210. The van der Waals surface area contributed by atoms with Crippen molar-refractivity contribution >= 4 is 34.7 Å². The van der Waals surface area contributed by atoms with E-state index in [0.29, 0.717) is 46.2 Å². The van der Waals surface area contributed by atoms with Crippen LogP contribution in [0.2, 0.25) is 0 Å². The molecule has 3 aromatic carbocycles. The third kappa shape index (κ3) is 6.83. The number of hydrazine groups is 1. The molecule has 7 N–H and O–H groups in total. The molecule has 4 aromatic rings. The number of amides is 2. The van der Waals surface area contributed by atoms with Gasteiger partial charge in [0.15, 0.2) is 0 Å². The van der Waals surface area contributed by atoms with Gasteiger partial charge in [0, 0.05) is 35.8 Å². The summed E-state index contributed by atoms with van der Waals surface area (Å²) in [4.78, 5) is 29.1. The lowest BCUT2D eigenvalue weighted by Crippen LogP contribution is -2.14. The Bertz CT molecular complexity index is 1390. The molecule has 1 aromatic heterocycles. The lowest BCUT2D eigenvalue weighted by Gasteiger charge is -2.12. The molecular formula is C28H28N6O3. The number of hydrogen-bond donors (Lipinski definition) is 5. The largest absolute Gasteiger partial charge is 0.493 e. The number of nitrogen functional groups attached to an aromatic ring is 2. The summed E-state index contributed by atoms with van der Waals surface area (Å²) in [7, 11) is 0. The number of pyridine rings is 1. The molecular weight excluding hydrogens is 468 g/mol. The van der Waals surface area contributed by atoms with E-state index in [9.17, 15) is 9.59 Å². The Hall–Kier alpha value is -4.89. The number of carbonyl (C=O) groups is 2. The number of benzene rings is 3. The van der Waals surface area contributed by atoms with Crippen LogP contribution in [-0.4, -0.2) is 23.4 Å². The summed E-state index contributed by atoms with van der Waals surface area (Å²) >= 11 is 0. The first-order valence-corrected chi connectivity index (χ1v) is 11.7. The molecule has 9 nitrogen and oxygen atoms in total. The highest BCUT2D eigenvalue weighted by atomic mass is 16.5. The number of rotatable bonds is 9. The highest BCUT2D eigenvalue weighted by molar-refractivity contribution is 6.06. The van der Waals surface area contributed by atoms with Crippen LogP contribution in [0.5, 0.6) is 5.75 Å². The fourth-order valence-corrected chi connectivity index (χ4v) is 3.71. The fraction of sp³-hybridized carbons (Fsp3) is 0.107. The van der Waals surface area contributed by atoms with Gasteiger partial charge in [-0.1, -0.05) is 30.3 Å². The average molecular weight is 497 g/mol. The molecule has 4 rings (SSSR count). The lowest BCUT2D eigenvalue weighted by atomic mass is 10.0. The summed E-state index contributed by atoms with van der Waals surface area (Å²) in [6.45, 7) is 1.95. The molecule has 0 fully saturated rings. The zero-order chi connectivity index (χ0) is 26.2. The monoisotopic (exact) mass is 496 g/mol. The molecule has 188 valence electrons. The topological polar surface area (TPSA) is 144 Å². The summed E-state index contributed by atoms with van der Waals surface area (Å²) in [5.41, 5.74) is 12.6. The fourth-order valence-electron chi connectivity index (χ4n) is 3.71. The van der Waals surface area contributed by atoms with Gasteiger partial charge < -0.3 is 26.5 Å². The molecule has 0 atom stereocenters. The van der Waals surface area contributed by atoms with Crippen molar-refractivity contribution in [1.82, 2.24) is 4.98 Å². The highest BCUT2D eigenvalue weighted by Crippen LogP contribution is 2.27. The van der Waals surface area contributed by atoms with Crippen molar-refractivity contribution < 1.29 is 14.3 Å². The van der Waals surface area contributed by atoms with Crippen LogP contribution in [-0.2, 0) is 11.2 Å². The third-order valence-electron chi connectivity index (χ3n) is 5.51. The number of carbonyl (C=O) groups excluding carboxylic acids is 2. The molecule has 0 unspecified atom stereocenters. The van der Waals surface area contributed by atoms with E-state index in [1.807, 2.05) is 18.2 Å². The minimum atomic E-state index is -0.348. The molecule has 0 aliphatic carbocycles. The third-order valence-corrected chi connectivity index (χ3v) is 5.51. The second-order valence-corrected chi connectivity index (χ2v) is 8.32. The van der Waals surface area contributed by atoms with E-state index in [1.165, 1.54) is 12.5 Å². The summed E-state index contributed by atoms with van der Waals surface area (Å²) in [5, 5.41) is 5.60. The van der Waals surface area contributed by atoms with Gasteiger partial charge in [-0.15, -0.1) is 0 Å². The second kappa shape index (κ2) is 11.7. The van der Waals surface area contributed by atoms with E-state index < -0.39 is 0 Å². The van der Waals surface area contributed by atoms with Crippen LogP contribution in [0.15, 0.2) is 84.9 Å². The Morgan fingerprint density at radius 2 is 1.65 bits per heavy atom. The molecule has 2 amide bonds. The van der Waals surface area contributed by atoms with E-state index >= 15 is 0 Å². The molecule has 0 radical (unpaired) electrons. The van der Waals surface area contributed by atoms with E-state index in [1.54, 1.807) is 54.6 Å². The van der Waals surface area contributed by atoms with Crippen molar-refractivity contribution in [3.05, 3.63) is 96.1 Å². The van der Waals surface area contributed by atoms with Crippen LogP contribution in [0, 0.1) is 0 Å². The van der Waals surface area contributed by atoms with Crippen LogP contribution in [0.25, 0.3) is 11.3 Å². The maximum absolute atomic E-state index is 13.1. The Labute approximate surface area is 214 Å². The average Bonchev–Trinajstić information content (AvgIpc) is 2.89. The molecule has 0 bridgehead atoms. The van der Waals surface area contributed by atoms with Crippen molar-refractivity contribution in [2.75, 3.05) is 28.4 Å². The summed E-state index contributed by atoms with van der Waals surface area (Å²) in [6.07, 6.45) is 0.804. The molecule has 0 aliphatic rings. The number of hydrogen-bond acceptors (Lipinski definition) is 7. The summed E-state index contributed by atoms with van der Waals surface area (Å²) in [5.74, 6) is 5.75. The smallest absolute Gasteiger partial charge is 0.255 e.